The quantitative estimate of drug-likeness (QED) is 0.198. The average molecular weight is 548 g/mol. The van der Waals surface area contributed by atoms with Crippen molar-refractivity contribution in [2.24, 2.45) is 0 Å². The zero-order chi connectivity index (χ0) is 27.1. The van der Waals surface area contributed by atoms with Gasteiger partial charge in [-0.2, -0.15) is 4.72 Å². The summed E-state index contributed by atoms with van der Waals surface area (Å²) < 4.78 is 28.7. The first kappa shape index (κ1) is 27.1. The van der Waals surface area contributed by atoms with E-state index in [4.69, 9.17) is 0 Å². The van der Waals surface area contributed by atoms with Crippen LogP contribution in [0.2, 0.25) is 0 Å². The summed E-state index contributed by atoms with van der Waals surface area (Å²) in [5.74, 6) is -0.486. The van der Waals surface area contributed by atoms with E-state index in [1.54, 1.807) is 36.4 Å². The fourth-order valence-corrected chi connectivity index (χ4v) is 5.63. The maximum absolute atomic E-state index is 13.2. The predicted molar refractivity (Wildman–Crippen MR) is 148 cm³/mol. The van der Waals surface area contributed by atoms with Gasteiger partial charge in [0.1, 0.15) is 6.04 Å². The van der Waals surface area contributed by atoms with Crippen molar-refractivity contribution in [3.8, 4) is 0 Å². The second-order valence-corrected chi connectivity index (χ2v) is 11.4. The molecule has 0 heterocycles. The maximum Gasteiger partial charge on any atom is 0.269 e. The first-order valence-electron chi connectivity index (χ1n) is 11.7. The van der Waals surface area contributed by atoms with Gasteiger partial charge < -0.3 is 5.32 Å². The Morgan fingerprint density at radius 1 is 0.868 bits per heavy atom. The predicted octanol–water partition coefficient (Wildman–Crippen LogP) is 5.58. The summed E-state index contributed by atoms with van der Waals surface area (Å²) in [5, 5.41) is 13.6. The van der Waals surface area contributed by atoms with Gasteiger partial charge in [-0.15, -0.1) is 0 Å². The van der Waals surface area contributed by atoms with E-state index in [-0.39, 0.29) is 17.0 Å². The number of hydrogen-bond donors (Lipinski definition) is 2. The van der Waals surface area contributed by atoms with E-state index in [1.807, 2.05) is 49.4 Å². The number of carbonyl (C=O) groups excluding carboxylic acids is 1. The third kappa shape index (κ3) is 7.28. The Bertz CT molecular complexity index is 1510. The number of anilines is 1. The Hall–Kier alpha value is -3.99. The fraction of sp³-hybridized carbons (Fsp3) is 0.107. The van der Waals surface area contributed by atoms with Crippen molar-refractivity contribution in [1.29, 1.82) is 0 Å². The van der Waals surface area contributed by atoms with Gasteiger partial charge >= 0.3 is 0 Å². The summed E-state index contributed by atoms with van der Waals surface area (Å²) in [6, 6.07) is 27.9. The van der Waals surface area contributed by atoms with Crippen LogP contribution in [-0.4, -0.2) is 25.3 Å². The molecule has 8 nitrogen and oxygen atoms in total. The van der Waals surface area contributed by atoms with Gasteiger partial charge in [-0.05, 0) is 67.4 Å². The molecule has 10 heteroatoms. The largest absolute Gasteiger partial charge is 0.325 e. The second-order valence-electron chi connectivity index (χ2n) is 8.54. The van der Waals surface area contributed by atoms with Gasteiger partial charge in [0, 0.05) is 27.6 Å². The number of amides is 1. The van der Waals surface area contributed by atoms with E-state index in [9.17, 15) is 23.3 Å². The molecule has 4 aromatic rings. The van der Waals surface area contributed by atoms with Gasteiger partial charge in [0.2, 0.25) is 15.9 Å². The Morgan fingerprint density at radius 3 is 2.03 bits per heavy atom. The molecule has 0 aromatic heterocycles. The Kier molecular flexibility index (Phi) is 8.57. The van der Waals surface area contributed by atoms with Crippen molar-refractivity contribution >= 4 is 39.1 Å². The number of nitrogens with zero attached hydrogens (tertiary/aromatic N) is 1. The molecule has 0 unspecified atom stereocenters. The minimum absolute atomic E-state index is 0.0236. The molecule has 0 fully saturated rings. The van der Waals surface area contributed by atoms with Gasteiger partial charge in [0.15, 0.2) is 0 Å². The summed E-state index contributed by atoms with van der Waals surface area (Å²) in [7, 11) is -3.94. The molecule has 4 rings (SSSR count). The van der Waals surface area contributed by atoms with E-state index >= 15 is 0 Å². The summed E-state index contributed by atoms with van der Waals surface area (Å²) in [5.41, 5.74) is 2.28. The maximum atomic E-state index is 13.2. The molecule has 0 spiro atoms. The summed E-state index contributed by atoms with van der Waals surface area (Å²) >= 11 is 1.42. The standard InChI is InChI=1S/C28H25N3O5S2/c1-20-7-17-26(18-8-20)38(35,36)30-27(19-21-5-3-2-4-6-21)28(32)29-22-9-13-24(14-10-22)37-25-15-11-23(12-16-25)31(33)34/h2-18,27,30H,19H2,1H3,(H,29,32)/t27-/m0/s1. The minimum atomic E-state index is -3.94. The Morgan fingerprint density at radius 2 is 1.45 bits per heavy atom. The molecule has 0 radical (unpaired) electrons. The molecular weight excluding hydrogens is 522 g/mol. The first-order chi connectivity index (χ1) is 18.2. The summed E-state index contributed by atoms with van der Waals surface area (Å²) in [4.78, 5) is 25.4. The van der Waals surface area contributed by atoms with Crippen molar-refractivity contribution in [3.05, 3.63) is 124 Å². The first-order valence-corrected chi connectivity index (χ1v) is 14.0. The molecule has 0 aliphatic rings. The van der Waals surface area contributed by atoms with E-state index in [1.165, 1.54) is 36.0 Å². The topological polar surface area (TPSA) is 118 Å². The van der Waals surface area contributed by atoms with Gasteiger partial charge in [0.25, 0.3) is 5.69 Å². The van der Waals surface area contributed by atoms with Crippen LogP contribution in [-0.2, 0) is 21.2 Å². The molecule has 38 heavy (non-hydrogen) atoms. The van der Waals surface area contributed by atoms with Crippen molar-refractivity contribution in [3.63, 3.8) is 0 Å². The van der Waals surface area contributed by atoms with Crippen molar-refractivity contribution in [2.75, 3.05) is 5.32 Å². The number of nitro benzene ring substituents is 1. The lowest BCUT2D eigenvalue weighted by Gasteiger charge is -2.19. The zero-order valence-electron chi connectivity index (χ0n) is 20.4. The van der Waals surface area contributed by atoms with E-state index in [2.05, 4.69) is 10.0 Å². The highest BCUT2D eigenvalue weighted by molar-refractivity contribution is 7.99. The number of hydrogen-bond acceptors (Lipinski definition) is 6. The molecule has 1 atom stereocenters. The third-order valence-corrected chi connectivity index (χ3v) is 8.14. The Labute approximate surface area is 225 Å². The summed E-state index contributed by atoms with van der Waals surface area (Å²) in [6.07, 6.45) is 0.172. The SMILES string of the molecule is Cc1ccc(S(=O)(=O)N[C@@H](Cc2ccccc2)C(=O)Nc2ccc(Sc3ccc([N+](=O)[O-])cc3)cc2)cc1. The number of carbonyl (C=O) groups is 1. The molecular formula is C28H25N3O5S2. The van der Waals surface area contributed by atoms with Crippen LogP contribution >= 0.6 is 11.8 Å². The number of sulfonamides is 1. The minimum Gasteiger partial charge on any atom is -0.325 e. The average Bonchev–Trinajstić information content (AvgIpc) is 2.90. The van der Waals surface area contributed by atoms with Crippen LogP contribution in [0.1, 0.15) is 11.1 Å². The van der Waals surface area contributed by atoms with Crippen LogP contribution in [0.5, 0.6) is 0 Å². The van der Waals surface area contributed by atoms with Crippen molar-refractivity contribution < 1.29 is 18.1 Å². The molecule has 194 valence electrons. The van der Waals surface area contributed by atoms with E-state index < -0.39 is 26.9 Å². The van der Waals surface area contributed by atoms with Crippen LogP contribution in [0.15, 0.2) is 118 Å². The molecule has 4 aromatic carbocycles. The number of nitrogens with one attached hydrogen (secondary N) is 2. The van der Waals surface area contributed by atoms with Crippen molar-refractivity contribution in [1.82, 2.24) is 4.72 Å². The van der Waals surface area contributed by atoms with E-state index in [0.717, 1.165) is 20.9 Å². The molecule has 0 aliphatic carbocycles. The fourth-order valence-electron chi connectivity index (χ4n) is 3.62. The molecule has 1 amide bonds. The highest BCUT2D eigenvalue weighted by Crippen LogP contribution is 2.30. The lowest BCUT2D eigenvalue weighted by molar-refractivity contribution is -0.384. The van der Waals surface area contributed by atoms with Gasteiger partial charge in [-0.3, -0.25) is 14.9 Å². The number of nitro groups is 1. The number of non-ortho nitro benzene ring substituents is 1. The van der Waals surface area contributed by atoms with Crippen LogP contribution in [0, 0.1) is 17.0 Å². The van der Waals surface area contributed by atoms with Gasteiger partial charge in [-0.25, -0.2) is 8.42 Å². The van der Waals surface area contributed by atoms with Crippen LogP contribution < -0.4 is 10.0 Å². The van der Waals surface area contributed by atoms with Crippen LogP contribution in [0.3, 0.4) is 0 Å². The number of benzene rings is 4. The van der Waals surface area contributed by atoms with E-state index in [0.29, 0.717) is 5.69 Å². The second kappa shape index (κ2) is 12.0. The molecule has 0 saturated heterocycles. The highest BCUT2D eigenvalue weighted by Gasteiger charge is 2.26. The van der Waals surface area contributed by atoms with Crippen molar-refractivity contribution in [2.45, 2.75) is 34.1 Å². The smallest absolute Gasteiger partial charge is 0.269 e. The molecule has 0 saturated carbocycles. The summed E-state index contributed by atoms with van der Waals surface area (Å²) in [6.45, 7) is 1.87. The number of aryl methyl sites for hydroxylation is 1. The molecule has 2 N–H and O–H groups in total. The molecule has 0 bridgehead atoms. The Balaban J connectivity index is 1.47. The van der Waals surface area contributed by atoms with Crippen LogP contribution in [0.25, 0.3) is 0 Å². The lowest BCUT2D eigenvalue weighted by Crippen LogP contribution is -2.45. The monoisotopic (exact) mass is 547 g/mol. The third-order valence-electron chi connectivity index (χ3n) is 5.63. The number of rotatable bonds is 10. The van der Waals surface area contributed by atoms with Gasteiger partial charge in [-0.1, -0.05) is 59.8 Å². The molecule has 0 aliphatic heterocycles. The lowest BCUT2D eigenvalue weighted by atomic mass is 10.1. The highest BCUT2D eigenvalue weighted by atomic mass is 32.2. The van der Waals surface area contributed by atoms with Gasteiger partial charge in [0.05, 0.1) is 9.82 Å². The normalized spacial score (nSPS) is 12.0. The zero-order valence-corrected chi connectivity index (χ0v) is 22.0. The van der Waals surface area contributed by atoms with Crippen LogP contribution in [0.4, 0.5) is 11.4 Å².